The molecule has 2 saturated heterocycles. The van der Waals surface area contributed by atoms with E-state index in [1.165, 1.54) is 111 Å². The molecular formula is C38H30O14. The highest BCUT2D eigenvalue weighted by molar-refractivity contribution is 5.93. The summed E-state index contributed by atoms with van der Waals surface area (Å²) in [6.07, 6.45) is -2.86. The van der Waals surface area contributed by atoms with E-state index in [4.69, 9.17) is 37.9 Å². The molecule has 0 saturated carbocycles. The summed E-state index contributed by atoms with van der Waals surface area (Å²) in [5.74, 6) is -2.60. The number of esters is 6. The van der Waals surface area contributed by atoms with Crippen LogP contribution in [0.5, 0.6) is 23.0 Å². The minimum Gasteiger partial charge on any atom is -0.453 e. The Kier molecular flexibility index (Phi) is 10.7. The van der Waals surface area contributed by atoms with Crippen LogP contribution in [-0.2, 0) is 28.5 Å². The first-order valence-corrected chi connectivity index (χ1v) is 15.9. The van der Waals surface area contributed by atoms with E-state index in [9.17, 15) is 28.8 Å². The quantitative estimate of drug-likeness (QED) is 0.166. The Morgan fingerprint density at radius 3 is 0.981 bits per heavy atom. The van der Waals surface area contributed by atoms with E-state index in [0.29, 0.717) is 11.5 Å². The van der Waals surface area contributed by atoms with Crippen molar-refractivity contribution >= 4 is 35.8 Å². The maximum atomic E-state index is 12.9. The van der Waals surface area contributed by atoms with Gasteiger partial charge in [0, 0.05) is 13.8 Å². The number of benzene rings is 4. The number of carbonyl (C=O) groups is 6. The van der Waals surface area contributed by atoms with Crippen LogP contribution in [0.4, 0.5) is 0 Å². The number of fused-ring (bicyclic) bond motifs is 1. The SMILES string of the molecule is CC(=O)Oc1ccc(C(=O)Oc2ccc(C(=O)O[C@H]3CO[C@H]4[C@@H]3OC[C@H]4OC(=O)c3ccc(OC(=O)c4ccc(OC(C)=O)cc4)cc3)cc2)cc1. The first-order chi connectivity index (χ1) is 25.0. The number of rotatable bonds is 10. The largest absolute Gasteiger partial charge is 0.453 e. The Labute approximate surface area is 296 Å². The van der Waals surface area contributed by atoms with Crippen molar-refractivity contribution in [1.82, 2.24) is 0 Å². The topological polar surface area (TPSA) is 176 Å². The zero-order valence-electron chi connectivity index (χ0n) is 27.7. The van der Waals surface area contributed by atoms with Gasteiger partial charge in [-0.3, -0.25) is 9.59 Å². The monoisotopic (exact) mass is 710 g/mol. The van der Waals surface area contributed by atoms with Crippen molar-refractivity contribution in [2.75, 3.05) is 13.2 Å². The second kappa shape index (κ2) is 15.7. The normalized spacial score (nSPS) is 18.7. The third-order valence-electron chi connectivity index (χ3n) is 7.78. The molecule has 2 aliphatic heterocycles. The van der Waals surface area contributed by atoms with E-state index < -0.39 is 60.2 Å². The van der Waals surface area contributed by atoms with E-state index in [0.717, 1.165) is 0 Å². The molecule has 2 aliphatic rings. The predicted molar refractivity (Wildman–Crippen MR) is 176 cm³/mol. The van der Waals surface area contributed by atoms with Gasteiger partial charge in [-0.25, -0.2) is 19.2 Å². The summed E-state index contributed by atoms with van der Waals surface area (Å²) in [6.45, 7) is 2.58. The summed E-state index contributed by atoms with van der Waals surface area (Å²) in [5, 5.41) is 0. The minimum absolute atomic E-state index is 0.0214. The molecule has 0 bridgehead atoms. The molecule has 4 aromatic rings. The number of carbonyl (C=O) groups excluding carboxylic acids is 6. The Balaban J connectivity index is 0.963. The van der Waals surface area contributed by atoms with Crippen LogP contribution in [0.2, 0.25) is 0 Å². The highest BCUT2D eigenvalue weighted by Crippen LogP contribution is 2.32. The lowest BCUT2D eigenvalue weighted by Gasteiger charge is -2.17. The molecule has 2 fully saturated rings. The molecule has 14 heteroatoms. The van der Waals surface area contributed by atoms with Crippen LogP contribution in [0.3, 0.4) is 0 Å². The Hall–Kier alpha value is -6.38. The molecule has 0 N–H and O–H groups in total. The molecule has 6 rings (SSSR count). The van der Waals surface area contributed by atoms with E-state index in [1.54, 1.807) is 0 Å². The molecule has 4 aromatic carbocycles. The fraction of sp³-hybridized carbons (Fsp3) is 0.211. The van der Waals surface area contributed by atoms with Crippen LogP contribution in [0, 0.1) is 0 Å². The second-order valence-electron chi connectivity index (χ2n) is 11.5. The Morgan fingerprint density at radius 2 is 0.692 bits per heavy atom. The molecule has 0 aliphatic carbocycles. The van der Waals surface area contributed by atoms with Gasteiger partial charge in [0.2, 0.25) is 0 Å². The van der Waals surface area contributed by atoms with Crippen molar-refractivity contribution in [3.8, 4) is 23.0 Å². The van der Waals surface area contributed by atoms with Crippen LogP contribution < -0.4 is 18.9 Å². The van der Waals surface area contributed by atoms with Gasteiger partial charge in [-0.2, -0.15) is 0 Å². The molecule has 266 valence electrons. The van der Waals surface area contributed by atoms with Gasteiger partial charge in [0.1, 0.15) is 35.2 Å². The van der Waals surface area contributed by atoms with Crippen molar-refractivity contribution in [3.05, 3.63) is 119 Å². The second-order valence-corrected chi connectivity index (χ2v) is 11.5. The molecule has 0 amide bonds. The molecular weight excluding hydrogens is 680 g/mol. The van der Waals surface area contributed by atoms with Crippen LogP contribution in [0.1, 0.15) is 55.3 Å². The van der Waals surface area contributed by atoms with Crippen molar-refractivity contribution < 1.29 is 66.7 Å². The lowest BCUT2D eigenvalue weighted by atomic mass is 10.1. The van der Waals surface area contributed by atoms with Crippen molar-refractivity contribution in [2.24, 2.45) is 0 Å². The number of hydrogen-bond acceptors (Lipinski definition) is 14. The van der Waals surface area contributed by atoms with E-state index in [1.807, 2.05) is 0 Å². The van der Waals surface area contributed by atoms with Crippen LogP contribution in [0.15, 0.2) is 97.1 Å². The summed E-state index contributed by atoms with van der Waals surface area (Å²) < 4.78 is 43.5. The van der Waals surface area contributed by atoms with Gasteiger partial charge in [-0.15, -0.1) is 0 Å². The van der Waals surface area contributed by atoms with Gasteiger partial charge in [0.25, 0.3) is 0 Å². The minimum atomic E-state index is -0.763. The van der Waals surface area contributed by atoms with Gasteiger partial charge in [-0.1, -0.05) is 0 Å². The molecule has 0 radical (unpaired) electrons. The maximum Gasteiger partial charge on any atom is 0.343 e. The Bertz CT molecular complexity index is 1820. The third-order valence-corrected chi connectivity index (χ3v) is 7.78. The average molecular weight is 711 g/mol. The molecule has 14 nitrogen and oxygen atoms in total. The zero-order valence-corrected chi connectivity index (χ0v) is 27.7. The first kappa shape index (κ1) is 35.4. The molecule has 4 atom stereocenters. The summed E-state index contributed by atoms with van der Waals surface area (Å²) >= 11 is 0. The van der Waals surface area contributed by atoms with Crippen LogP contribution in [-0.4, -0.2) is 73.4 Å². The summed E-state index contributed by atoms with van der Waals surface area (Å²) in [7, 11) is 0. The van der Waals surface area contributed by atoms with Gasteiger partial charge >= 0.3 is 35.8 Å². The van der Waals surface area contributed by atoms with Gasteiger partial charge < -0.3 is 37.9 Å². The van der Waals surface area contributed by atoms with Gasteiger partial charge in [0.15, 0.2) is 12.2 Å². The van der Waals surface area contributed by atoms with E-state index in [2.05, 4.69) is 0 Å². The highest BCUT2D eigenvalue weighted by atomic mass is 16.7. The fourth-order valence-electron chi connectivity index (χ4n) is 5.34. The van der Waals surface area contributed by atoms with Crippen LogP contribution >= 0.6 is 0 Å². The summed E-state index contributed by atoms with van der Waals surface area (Å²) in [4.78, 5) is 72.9. The highest BCUT2D eigenvalue weighted by Gasteiger charge is 2.51. The molecule has 2 heterocycles. The summed E-state index contributed by atoms with van der Waals surface area (Å²) in [5.41, 5.74) is 0.855. The van der Waals surface area contributed by atoms with E-state index in [-0.39, 0.29) is 47.0 Å². The fourth-order valence-corrected chi connectivity index (χ4v) is 5.34. The van der Waals surface area contributed by atoms with Crippen molar-refractivity contribution in [3.63, 3.8) is 0 Å². The predicted octanol–water partition coefficient (Wildman–Crippen LogP) is 4.52. The lowest BCUT2D eigenvalue weighted by Crippen LogP contribution is -2.36. The first-order valence-electron chi connectivity index (χ1n) is 15.9. The average Bonchev–Trinajstić information content (AvgIpc) is 3.71. The number of hydrogen-bond donors (Lipinski definition) is 0. The van der Waals surface area contributed by atoms with Gasteiger partial charge in [0.05, 0.1) is 35.5 Å². The third kappa shape index (κ3) is 8.67. The molecule has 52 heavy (non-hydrogen) atoms. The lowest BCUT2D eigenvalue weighted by molar-refractivity contribution is -0.132. The molecule has 0 unspecified atom stereocenters. The van der Waals surface area contributed by atoms with E-state index >= 15 is 0 Å². The van der Waals surface area contributed by atoms with Gasteiger partial charge in [-0.05, 0) is 97.1 Å². The smallest absolute Gasteiger partial charge is 0.343 e. The van der Waals surface area contributed by atoms with Crippen molar-refractivity contribution in [1.29, 1.82) is 0 Å². The van der Waals surface area contributed by atoms with Crippen LogP contribution in [0.25, 0.3) is 0 Å². The number of ether oxygens (including phenoxy) is 8. The molecule has 0 spiro atoms. The summed E-state index contributed by atoms with van der Waals surface area (Å²) in [6, 6.07) is 23.2. The van der Waals surface area contributed by atoms with Crippen molar-refractivity contribution in [2.45, 2.75) is 38.3 Å². The maximum absolute atomic E-state index is 12.9. The molecule has 0 aromatic heterocycles. The zero-order chi connectivity index (χ0) is 36.8. The standard InChI is InChI=1S/C38H30O14/c1-21(39)47-27-11-3-23(4-12-27)35(41)49-29-15-7-25(8-16-29)37(43)51-31-19-45-34-32(20-46-33(31)34)52-38(44)26-9-17-30(18-10-26)50-36(42)24-5-13-28(14-6-24)48-22(2)40/h3-18,31-34H,19-20H2,1-2H3/t31-,32+,33-,34-/m1/s1. The Morgan fingerprint density at radius 1 is 0.423 bits per heavy atom.